The first-order valence-corrected chi connectivity index (χ1v) is 9.07. The lowest BCUT2D eigenvalue weighted by atomic mass is 10.0. The Bertz CT molecular complexity index is 698. The largest absolute Gasteiger partial charge is 0.343 e. The van der Waals surface area contributed by atoms with Crippen molar-refractivity contribution in [2.24, 2.45) is 10.9 Å². The van der Waals surface area contributed by atoms with Gasteiger partial charge in [0.1, 0.15) is 0 Å². The Balaban J connectivity index is 1.58. The summed E-state index contributed by atoms with van der Waals surface area (Å²) in [6.45, 7) is 4.05. The quantitative estimate of drug-likeness (QED) is 0.867. The molecule has 1 saturated heterocycles. The number of anilines is 1. The number of hydrogen-bond donors (Lipinski definition) is 2. The number of nitrogens with one attached hydrogen (secondary N) is 2. The predicted octanol–water partition coefficient (Wildman–Crippen LogP) is 2.56. The zero-order valence-corrected chi connectivity index (χ0v) is 15.1. The fourth-order valence-electron chi connectivity index (χ4n) is 3.14. The molecule has 2 aliphatic heterocycles. The van der Waals surface area contributed by atoms with Crippen molar-refractivity contribution in [3.63, 3.8) is 0 Å². The van der Waals surface area contributed by atoms with Crippen LogP contribution in [0.5, 0.6) is 0 Å². The highest BCUT2D eigenvalue weighted by Gasteiger charge is 2.29. The molecule has 0 bridgehead atoms. The molecule has 134 valence electrons. The van der Waals surface area contributed by atoms with Gasteiger partial charge in [0.15, 0.2) is 0 Å². The highest BCUT2D eigenvalue weighted by molar-refractivity contribution is 6.31. The molecule has 1 aromatic rings. The maximum atomic E-state index is 12.3. The molecule has 1 aromatic carbocycles. The summed E-state index contributed by atoms with van der Waals surface area (Å²) < 4.78 is 0. The molecule has 2 aliphatic rings. The third kappa shape index (κ3) is 4.31. The molecule has 0 aromatic heterocycles. The fourth-order valence-corrected chi connectivity index (χ4v) is 3.32. The monoisotopic (exact) mass is 362 g/mol. The second kappa shape index (κ2) is 7.87. The average Bonchev–Trinajstić information content (AvgIpc) is 2.61. The van der Waals surface area contributed by atoms with Crippen LogP contribution in [0.15, 0.2) is 23.2 Å². The van der Waals surface area contributed by atoms with E-state index in [9.17, 15) is 9.59 Å². The van der Waals surface area contributed by atoms with Gasteiger partial charge < -0.3 is 10.2 Å². The van der Waals surface area contributed by atoms with Gasteiger partial charge in [-0.1, -0.05) is 17.7 Å². The van der Waals surface area contributed by atoms with E-state index in [1.165, 1.54) is 6.42 Å². The first kappa shape index (κ1) is 17.7. The van der Waals surface area contributed by atoms with Crippen LogP contribution in [-0.4, -0.2) is 42.3 Å². The zero-order valence-electron chi connectivity index (χ0n) is 14.3. The van der Waals surface area contributed by atoms with Crippen LogP contribution in [0.25, 0.3) is 0 Å². The molecule has 1 atom stereocenters. The molecule has 1 fully saturated rings. The molecular weight excluding hydrogens is 340 g/mol. The van der Waals surface area contributed by atoms with E-state index < -0.39 is 5.92 Å². The number of hydrogen-bond acceptors (Lipinski definition) is 4. The van der Waals surface area contributed by atoms with E-state index in [1.54, 1.807) is 18.2 Å². The smallest absolute Gasteiger partial charge is 0.232 e. The molecule has 0 spiro atoms. The van der Waals surface area contributed by atoms with E-state index in [0.29, 0.717) is 23.2 Å². The van der Waals surface area contributed by atoms with E-state index in [4.69, 9.17) is 11.6 Å². The van der Waals surface area contributed by atoms with Gasteiger partial charge in [0.05, 0.1) is 12.5 Å². The molecule has 0 radical (unpaired) electrons. The first-order chi connectivity index (χ1) is 12.0. The Kier molecular flexibility index (Phi) is 5.58. The minimum atomic E-state index is -0.437. The van der Waals surface area contributed by atoms with Crippen molar-refractivity contribution in [3.8, 4) is 0 Å². The third-order valence-corrected chi connectivity index (χ3v) is 5.11. The topological polar surface area (TPSA) is 73.8 Å². The van der Waals surface area contributed by atoms with Crippen LogP contribution < -0.4 is 10.6 Å². The molecule has 0 saturated carbocycles. The second-order valence-corrected chi connectivity index (χ2v) is 6.97. The van der Waals surface area contributed by atoms with Crippen LogP contribution in [0.2, 0.25) is 5.02 Å². The standard InChI is InChI=1S/C18H23ClN4O2/c1-12-14(19)6-5-7-15(12)21-16(24)10-13-11-20-18(22-17(13)25)23-8-3-2-4-9-23/h5-7,13H,2-4,8-11H2,1H3,(H,21,24)(H,20,22,25). The summed E-state index contributed by atoms with van der Waals surface area (Å²) in [5, 5.41) is 6.29. The highest BCUT2D eigenvalue weighted by atomic mass is 35.5. The van der Waals surface area contributed by atoms with Crippen molar-refractivity contribution in [2.75, 3.05) is 25.0 Å². The number of nitrogens with zero attached hydrogens (tertiary/aromatic N) is 2. The maximum Gasteiger partial charge on any atom is 0.232 e. The third-order valence-electron chi connectivity index (χ3n) is 4.70. The van der Waals surface area contributed by atoms with Gasteiger partial charge in [-0.2, -0.15) is 0 Å². The Morgan fingerprint density at radius 1 is 1.36 bits per heavy atom. The van der Waals surface area contributed by atoms with E-state index in [0.717, 1.165) is 31.5 Å². The molecule has 2 heterocycles. The predicted molar refractivity (Wildman–Crippen MR) is 98.8 cm³/mol. The Labute approximate surface area is 152 Å². The van der Waals surface area contributed by atoms with Crippen LogP contribution in [0.4, 0.5) is 5.69 Å². The normalized spacial score (nSPS) is 20.7. The average molecular weight is 363 g/mol. The lowest BCUT2D eigenvalue weighted by Crippen LogP contribution is -2.51. The van der Waals surface area contributed by atoms with Crippen molar-refractivity contribution >= 4 is 35.1 Å². The van der Waals surface area contributed by atoms with Crippen LogP contribution in [-0.2, 0) is 9.59 Å². The van der Waals surface area contributed by atoms with Crippen LogP contribution in [0, 0.1) is 12.8 Å². The van der Waals surface area contributed by atoms with E-state index >= 15 is 0 Å². The molecule has 7 heteroatoms. The van der Waals surface area contributed by atoms with Crippen molar-refractivity contribution in [1.29, 1.82) is 0 Å². The van der Waals surface area contributed by atoms with Gasteiger partial charge in [-0.15, -0.1) is 0 Å². The molecular formula is C18H23ClN4O2. The van der Waals surface area contributed by atoms with Crippen molar-refractivity contribution in [1.82, 2.24) is 10.2 Å². The summed E-state index contributed by atoms with van der Waals surface area (Å²) in [5.74, 6) is -0.115. The van der Waals surface area contributed by atoms with Gasteiger partial charge in [-0.05, 0) is 43.9 Å². The van der Waals surface area contributed by atoms with Gasteiger partial charge in [0.2, 0.25) is 17.8 Å². The lowest BCUT2D eigenvalue weighted by molar-refractivity contribution is -0.127. The summed E-state index contributed by atoms with van der Waals surface area (Å²) in [4.78, 5) is 31.2. The van der Waals surface area contributed by atoms with Gasteiger partial charge in [0.25, 0.3) is 0 Å². The van der Waals surface area contributed by atoms with Gasteiger partial charge >= 0.3 is 0 Å². The Morgan fingerprint density at radius 3 is 2.84 bits per heavy atom. The molecule has 3 rings (SSSR count). The summed E-state index contributed by atoms with van der Waals surface area (Å²) in [5.41, 5.74) is 1.49. The van der Waals surface area contributed by atoms with E-state index in [1.807, 2.05) is 6.92 Å². The molecule has 0 aliphatic carbocycles. The summed E-state index contributed by atoms with van der Waals surface area (Å²) in [7, 11) is 0. The van der Waals surface area contributed by atoms with Crippen LogP contribution >= 0.6 is 11.6 Å². The number of amides is 2. The number of piperidine rings is 1. The Morgan fingerprint density at radius 2 is 2.12 bits per heavy atom. The number of carbonyl (C=O) groups excluding carboxylic acids is 2. The summed E-state index contributed by atoms with van der Waals surface area (Å²) >= 11 is 6.06. The number of carbonyl (C=O) groups is 2. The highest BCUT2D eigenvalue weighted by Crippen LogP contribution is 2.23. The SMILES string of the molecule is Cc1c(Cl)cccc1NC(=O)CC1CN=C(N2CCCCC2)NC1=O. The minimum absolute atomic E-state index is 0.106. The molecule has 1 unspecified atom stereocenters. The number of likely N-dealkylation sites (tertiary alicyclic amines) is 1. The van der Waals surface area contributed by atoms with Crippen molar-refractivity contribution in [3.05, 3.63) is 28.8 Å². The van der Waals surface area contributed by atoms with Gasteiger partial charge in [0, 0.05) is 30.2 Å². The number of benzene rings is 1. The number of guanidine groups is 1. The van der Waals surface area contributed by atoms with Crippen molar-refractivity contribution in [2.45, 2.75) is 32.6 Å². The molecule has 25 heavy (non-hydrogen) atoms. The number of rotatable bonds is 3. The van der Waals surface area contributed by atoms with Gasteiger partial charge in [-0.25, -0.2) is 0 Å². The first-order valence-electron chi connectivity index (χ1n) is 8.70. The van der Waals surface area contributed by atoms with Crippen LogP contribution in [0.1, 0.15) is 31.2 Å². The zero-order chi connectivity index (χ0) is 17.8. The molecule has 2 amide bonds. The van der Waals surface area contributed by atoms with E-state index in [-0.39, 0.29) is 18.2 Å². The number of halogens is 1. The second-order valence-electron chi connectivity index (χ2n) is 6.56. The lowest BCUT2D eigenvalue weighted by Gasteiger charge is -2.32. The Hall–Kier alpha value is -2.08. The minimum Gasteiger partial charge on any atom is -0.343 e. The maximum absolute atomic E-state index is 12.3. The molecule has 2 N–H and O–H groups in total. The fraction of sp³-hybridized carbons (Fsp3) is 0.500. The molecule has 6 nitrogen and oxygen atoms in total. The summed E-state index contributed by atoms with van der Waals surface area (Å²) in [6.07, 6.45) is 3.58. The van der Waals surface area contributed by atoms with Crippen molar-refractivity contribution < 1.29 is 9.59 Å². The van der Waals surface area contributed by atoms with Crippen LogP contribution in [0.3, 0.4) is 0 Å². The van der Waals surface area contributed by atoms with Gasteiger partial charge in [-0.3, -0.25) is 19.9 Å². The summed E-state index contributed by atoms with van der Waals surface area (Å²) in [6, 6.07) is 5.36. The number of aliphatic imine (C=N–C) groups is 1. The van der Waals surface area contributed by atoms with E-state index in [2.05, 4.69) is 20.5 Å².